The maximum atomic E-state index is 12.8. The molecule has 14 heteroatoms. The number of amides is 5. The zero-order valence-corrected chi connectivity index (χ0v) is 19.0. The topological polar surface area (TPSA) is 257 Å². The Kier molecular flexibility index (Phi) is 11.3. The number of carboxylic acid groups (broad SMARTS) is 1. The summed E-state index contributed by atoms with van der Waals surface area (Å²) in [4.78, 5) is 71.9. The first kappa shape index (κ1) is 29.0. The molecule has 1 rings (SSSR count). The molecule has 0 aliphatic heterocycles. The van der Waals surface area contributed by atoms with Crippen LogP contribution in [0.2, 0.25) is 0 Å². The zero-order valence-electron chi connectivity index (χ0n) is 19.0. The summed E-state index contributed by atoms with van der Waals surface area (Å²) in [6.45, 7) is 1.11. The van der Waals surface area contributed by atoms with Crippen molar-refractivity contribution in [3.8, 4) is 0 Å². The summed E-state index contributed by atoms with van der Waals surface area (Å²) in [5.41, 5.74) is 16.9. The SMILES string of the molecule is CC(O)C(NC(=O)C(CC(N)=O)NC(=O)C(CC(N)=O)NC(=O)C(N)Cc1ccccc1)C(=O)O. The molecule has 192 valence electrons. The number of nitrogens with one attached hydrogen (secondary N) is 3. The number of rotatable bonds is 14. The van der Waals surface area contributed by atoms with E-state index >= 15 is 0 Å². The number of hydrogen-bond donors (Lipinski definition) is 8. The van der Waals surface area contributed by atoms with Crippen LogP contribution in [0, 0.1) is 0 Å². The largest absolute Gasteiger partial charge is 0.480 e. The highest BCUT2D eigenvalue weighted by Gasteiger charge is 2.33. The van der Waals surface area contributed by atoms with Crippen molar-refractivity contribution in [2.75, 3.05) is 0 Å². The molecule has 5 amide bonds. The number of nitrogens with two attached hydrogens (primary N) is 3. The van der Waals surface area contributed by atoms with Crippen LogP contribution in [-0.2, 0) is 35.2 Å². The lowest BCUT2D eigenvalue weighted by Gasteiger charge is -2.25. The van der Waals surface area contributed by atoms with E-state index in [9.17, 15) is 33.9 Å². The van der Waals surface area contributed by atoms with Gasteiger partial charge in [0.05, 0.1) is 25.0 Å². The first-order chi connectivity index (χ1) is 16.3. The highest BCUT2D eigenvalue weighted by atomic mass is 16.4. The number of aliphatic carboxylic acids is 1. The maximum absolute atomic E-state index is 12.8. The van der Waals surface area contributed by atoms with E-state index in [-0.39, 0.29) is 6.42 Å². The van der Waals surface area contributed by atoms with Gasteiger partial charge in [0.15, 0.2) is 6.04 Å². The molecule has 14 nitrogen and oxygen atoms in total. The molecular weight excluding hydrogens is 464 g/mol. The lowest BCUT2D eigenvalue weighted by Crippen LogP contribution is -2.59. The van der Waals surface area contributed by atoms with E-state index in [1.165, 1.54) is 0 Å². The van der Waals surface area contributed by atoms with E-state index < -0.39 is 78.6 Å². The van der Waals surface area contributed by atoms with Crippen molar-refractivity contribution >= 4 is 35.5 Å². The van der Waals surface area contributed by atoms with Gasteiger partial charge < -0.3 is 43.4 Å². The summed E-state index contributed by atoms with van der Waals surface area (Å²) >= 11 is 0. The number of carboxylic acids is 1. The molecule has 0 saturated heterocycles. The number of hydrogen-bond acceptors (Lipinski definition) is 8. The van der Waals surface area contributed by atoms with Crippen molar-refractivity contribution in [2.45, 2.75) is 56.5 Å². The van der Waals surface area contributed by atoms with Crippen LogP contribution in [0.25, 0.3) is 0 Å². The third kappa shape index (κ3) is 10.2. The first-order valence-corrected chi connectivity index (χ1v) is 10.5. The molecule has 0 heterocycles. The second kappa shape index (κ2) is 13.6. The van der Waals surface area contributed by atoms with E-state index in [2.05, 4.69) is 10.6 Å². The monoisotopic (exact) mass is 494 g/mol. The summed E-state index contributed by atoms with van der Waals surface area (Å²) in [5, 5.41) is 25.1. The average molecular weight is 495 g/mol. The van der Waals surface area contributed by atoms with Gasteiger partial charge in [0.1, 0.15) is 12.1 Å². The molecule has 0 fully saturated rings. The first-order valence-electron chi connectivity index (χ1n) is 10.5. The van der Waals surface area contributed by atoms with Crippen molar-refractivity contribution < 1.29 is 39.0 Å². The number of carbonyl (C=O) groups is 6. The minimum atomic E-state index is -1.74. The molecular formula is C21H30N6O8. The highest BCUT2D eigenvalue weighted by Crippen LogP contribution is 2.04. The Morgan fingerprint density at radius 2 is 1.29 bits per heavy atom. The average Bonchev–Trinajstić information content (AvgIpc) is 2.75. The van der Waals surface area contributed by atoms with Gasteiger partial charge in [-0.15, -0.1) is 0 Å². The van der Waals surface area contributed by atoms with E-state index in [4.69, 9.17) is 22.3 Å². The number of carbonyl (C=O) groups excluding carboxylic acids is 5. The van der Waals surface area contributed by atoms with Crippen molar-refractivity contribution in [2.24, 2.45) is 17.2 Å². The molecule has 0 aliphatic rings. The van der Waals surface area contributed by atoms with Gasteiger partial charge in [-0.2, -0.15) is 0 Å². The summed E-state index contributed by atoms with van der Waals surface area (Å²) in [6, 6.07) is 2.69. The van der Waals surface area contributed by atoms with E-state index in [0.717, 1.165) is 12.5 Å². The number of primary amides is 2. The number of aliphatic hydroxyl groups is 1. The molecule has 0 aliphatic carbocycles. The Morgan fingerprint density at radius 3 is 1.71 bits per heavy atom. The Labute approximate surface area is 200 Å². The molecule has 0 spiro atoms. The molecule has 5 unspecified atom stereocenters. The Bertz CT molecular complexity index is 939. The van der Waals surface area contributed by atoms with Gasteiger partial charge in [0.2, 0.25) is 29.5 Å². The quantitative estimate of drug-likeness (QED) is 0.126. The molecule has 11 N–H and O–H groups in total. The Morgan fingerprint density at radius 1 is 0.829 bits per heavy atom. The molecule has 0 aromatic heterocycles. The van der Waals surface area contributed by atoms with Gasteiger partial charge >= 0.3 is 5.97 Å². The van der Waals surface area contributed by atoms with Gasteiger partial charge in [-0.25, -0.2) is 4.79 Å². The smallest absolute Gasteiger partial charge is 0.328 e. The maximum Gasteiger partial charge on any atom is 0.328 e. The Hall–Kier alpha value is -4.04. The van der Waals surface area contributed by atoms with Crippen LogP contribution < -0.4 is 33.2 Å². The second-order valence-electron chi connectivity index (χ2n) is 7.82. The van der Waals surface area contributed by atoms with Gasteiger partial charge in [-0.3, -0.25) is 24.0 Å². The van der Waals surface area contributed by atoms with Crippen LogP contribution in [0.3, 0.4) is 0 Å². The van der Waals surface area contributed by atoms with E-state index in [1.54, 1.807) is 30.3 Å². The highest BCUT2D eigenvalue weighted by molar-refractivity contribution is 5.97. The predicted molar refractivity (Wildman–Crippen MR) is 121 cm³/mol. The molecule has 1 aromatic carbocycles. The lowest BCUT2D eigenvalue weighted by molar-refractivity contribution is -0.145. The molecule has 5 atom stereocenters. The van der Waals surface area contributed by atoms with Crippen molar-refractivity contribution in [1.29, 1.82) is 0 Å². The zero-order chi connectivity index (χ0) is 26.7. The van der Waals surface area contributed by atoms with Crippen LogP contribution in [0.5, 0.6) is 0 Å². The van der Waals surface area contributed by atoms with Crippen LogP contribution >= 0.6 is 0 Å². The second-order valence-corrected chi connectivity index (χ2v) is 7.82. The van der Waals surface area contributed by atoms with E-state index in [1.807, 2.05) is 5.32 Å². The summed E-state index contributed by atoms with van der Waals surface area (Å²) < 4.78 is 0. The molecule has 0 radical (unpaired) electrons. The third-order valence-corrected chi connectivity index (χ3v) is 4.76. The normalized spacial score (nSPS) is 14.9. The van der Waals surface area contributed by atoms with Crippen LogP contribution in [0.1, 0.15) is 25.3 Å². The number of benzene rings is 1. The standard InChI is InChI=1S/C21H30N6O8/c1-10(28)17(21(34)35)27-20(33)14(9-16(24)30)26-19(32)13(8-15(23)29)25-18(31)12(22)7-11-5-3-2-4-6-11/h2-6,10,12-14,17,28H,7-9,22H2,1H3,(H2,23,29)(H2,24,30)(H,25,31)(H,26,32)(H,27,33)(H,34,35). The summed E-state index contributed by atoms with van der Waals surface area (Å²) in [5.74, 6) is -6.55. The van der Waals surface area contributed by atoms with Crippen LogP contribution in [0.15, 0.2) is 30.3 Å². The van der Waals surface area contributed by atoms with Gasteiger partial charge in [0.25, 0.3) is 0 Å². The molecule has 1 aromatic rings. The summed E-state index contributed by atoms with van der Waals surface area (Å²) in [7, 11) is 0. The molecule has 35 heavy (non-hydrogen) atoms. The minimum Gasteiger partial charge on any atom is -0.480 e. The fourth-order valence-corrected chi connectivity index (χ4v) is 2.98. The molecule has 0 saturated carbocycles. The number of aliphatic hydroxyl groups excluding tert-OH is 1. The van der Waals surface area contributed by atoms with Gasteiger partial charge in [0, 0.05) is 0 Å². The predicted octanol–water partition coefficient (Wildman–Crippen LogP) is -3.77. The van der Waals surface area contributed by atoms with E-state index in [0.29, 0.717) is 0 Å². The fourth-order valence-electron chi connectivity index (χ4n) is 2.98. The van der Waals surface area contributed by atoms with Crippen molar-refractivity contribution in [3.05, 3.63) is 35.9 Å². The minimum absolute atomic E-state index is 0.125. The van der Waals surface area contributed by atoms with Crippen LogP contribution in [0.4, 0.5) is 0 Å². The van der Waals surface area contributed by atoms with Crippen LogP contribution in [-0.4, -0.2) is 76.0 Å². The van der Waals surface area contributed by atoms with Crippen molar-refractivity contribution in [3.63, 3.8) is 0 Å². The Balaban J connectivity index is 2.98. The lowest BCUT2D eigenvalue weighted by atomic mass is 10.0. The van der Waals surface area contributed by atoms with Gasteiger partial charge in [-0.05, 0) is 18.9 Å². The van der Waals surface area contributed by atoms with Crippen molar-refractivity contribution in [1.82, 2.24) is 16.0 Å². The molecule has 0 bridgehead atoms. The third-order valence-electron chi connectivity index (χ3n) is 4.76. The van der Waals surface area contributed by atoms with Gasteiger partial charge in [-0.1, -0.05) is 30.3 Å². The summed E-state index contributed by atoms with van der Waals surface area (Å²) in [6.07, 6.45) is -2.78. The fraction of sp³-hybridized carbons (Fsp3) is 0.429.